The van der Waals surface area contributed by atoms with Gasteiger partial charge in [0.1, 0.15) is 18.0 Å². The first-order valence-corrected chi connectivity index (χ1v) is 6.44. The molecule has 1 heterocycles. The number of nitrogens with two attached hydrogens (primary N) is 1. The van der Waals surface area contributed by atoms with E-state index in [-0.39, 0.29) is 0 Å². The standard InChI is InChI=1S/C15H19N5/c1-3-7-17-14-9-15(19-11-18-14)20(2)13-6-4-5-12(8-13)10-16/h3-6,8-9,11H,1,7,10,16H2,2H3,(H,17,18,19). The summed E-state index contributed by atoms with van der Waals surface area (Å²) in [6, 6.07) is 9.98. The van der Waals surface area contributed by atoms with Crippen LogP contribution < -0.4 is 16.0 Å². The number of hydrogen-bond donors (Lipinski definition) is 2. The van der Waals surface area contributed by atoms with E-state index >= 15 is 0 Å². The van der Waals surface area contributed by atoms with Crippen LogP contribution in [0.2, 0.25) is 0 Å². The van der Waals surface area contributed by atoms with Crippen LogP contribution in [0.3, 0.4) is 0 Å². The maximum atomic E-state index is 5.67. The summed E-state index contributed by atoms with van der Waals surface area (Å²) in [6.07, 6.45) is 3.33. The summed E-state index contributed by atoms with van der Waals surface area (Å²) in [7, 11) is 1.97. The molecule has 5 nitrogen and oxygen atoms in total. The van der Waals surface area contributed by atoms with Crippen LogP contribution in [0.25, 0.3) is 0 Å². The van der Waals surface area contributed by atoms with Gasteiger partial charge in [-0.05, 0) is 17.7 Å². The van der Waals surface area contributed by atoms with Crippen molar-refractivity contribution < 1.29 is 0 Å². The monoisotopic (exact) mass is 269 g/mol. The third kappa shape index (κ3) is 3.33. The number of nitrogens with zero attached hydrogens (tertiary/aromatic N) is 3. The smallest absolute Gasteiger partial charge is 0.138 e. The van der Waals surface area contributed by atoms with E-state index in [1.807, 2.05) is 36.2 Å². The molecule has 3 N–H and O–H groups in total. The Labute approximate surface area is 119 Å². The molecule has 0 aliphatic carbocycles. The fraction of sp³-hybridized carbons (Fsp3) is 0.200. The fourth-order valence-corrected chi connectivity index (χ4v) is 1.83. The number of aromatic nitrogens is 2. The van der Waals surface area contributed by atoms with Gasteiger partial charge in [0.05, 0.1) is 0 Å². The van der Waals surface area contributed by atoms with Crippen LogP contribution in [0.1, 0.15) is 5.56 Å². The van der Waals surface area contributed by atoms with E-state index in [9.17, 15) is 0 Å². The SMILES string of the molecule is C=CCNc1cc(N(C)c2cccc(CN)c2)ncn1. The lowest BCUT2D eigenvalue weighted by atomic mass is 10.2. The summed E-state index contributed by atoms with van der Waals surface area (Å²) in [5.74, 6) is 1.59. The second-order valence-corrected chi connectivity index (χ2v) is 4.36. The molecule has 0 amide bonds. The second kappa shape index (κ2) is 6.68. The van der Waals surface area contributed by atoms with Gasteiger partial charge in [-0.25, -0.2) is 9.97 Å². The van der Waals surface area contributed by atoms with Gasteiger partial charge in [0.15, 0.2) is 0 Å². The Hall–Kier alpha value is -2.40. The molecule has 0 unspecified atom stereocenters. The Morgan fingerprint density at radius 1 is 1.35 bits per heavy atom. The third-order valence-corrected chi connectivity index (χ3v) is 2.96. The van der Waals surface area contributed by atoms with E-state index < -0.39 is 0 Å². The van der Waals surface area contributed by atoms with Crippen LogP contribution in [0, 0.1) is 0 Å². The first-order valence-electron chi connectivity index (χ1n) is 6.44. The molecule has 0 aliphatic rings. The highest BCUT2D eigenvalue weighted by molar-refractivity contribution is 5.62. The van der Waals surface area contributed by atoms with Gasteiger partial charge in [0, 0.05) is 31.9 Å². The van der Waals surface area contributed by atoms with Crippen LogP contribution in [0.15, 0.2) is 49.3 Å². The number of hydrogen-bond acceptors (Lipinski definition) is 5. The minimum absolute atomic E-state index is 0.525. The van der Waals surface area contributed by atoms with E-state index in [4.69, 9.17) is 5.73 Å². The summed E-state index contributed by atoms with van der Waals surface area (Å²) in [5.41, 5.74) is 7.81. The Bertz CT molecular complexity index is 582. The minimum Gasteiger partial charge on any atom is -0.366 e. The quantitative estimate of drug-likeness (QED) is 0.788. The van der Waals surface area contributed by atoms with Crippen molar-refractivity contribution >= 4 is 17.3 Å². The largest absolute Gasteiger partial charge is 0.366 e. The van der Waals surface area contributed by atoms with Crippen LogP contribution in [0.4, 0.5) is 17.3 Å². The summed E-state index contributed by atoms with van der Waals surface area (Å²) < 4.78 is 0. The highest BCUT2D eigenvalue weighted by atomic mass is 15.2. The number of benzene rings is 1. The van der Waals surface area contributed by atoms with Crippen LogP contribution >= 0.6 is 0 Å². The number of anilines is 3. The molecule has 20 heavy (non-hydrogen) atoms. The molecule has 104 valence electrons. The maximum absolute atomic E-state index is 5.67. The third-order valence-electron chi connectivity index (χ3n) is 2.96. The number of nitrogens with one attached hydrogen (secondary N) is 1. The van der Waals surface area contributed by atoms with Crippen molar-refractivity contribution in [2.75, 3.05) is 23.8 Å². The summed E-state index contributed by atoms with van der Waals surface area (Å²) in [4.78, 5) is 10.5. The van der Waals surface area contributed by atoms with Crippen LogP contribution in [-0.4, -0.2) is 23.6 Å². The molecule has 2 aromatic rings. The van der Waals surface area contributed by atoms with E-state index in [1.165, 1.54) is 0 Å². The van der Waals surface area contributed by atoms with E-state index in [2.05, 4.69) is 27.9 Å². The van der Waals surface area contributed by atoms with Crippen molar-refractivity contribution in [1.82, 2.24) is 9.97 Å². The van der Waals surface area contributed by atoms with Crippen molar-refractivity contribution in [1.29, 1.82) is 0 Å². The Balaban J connectivity index is 2.23. The zero-order valence-corrected chi connectivity index (χ0v) is 11.6. The fourth-order valence-electron chi connectivity index (χ4n) is 1.83. The molecule has 0 aliphatic heterocycles. The first kappa shape index (κ1) is 14.0. The summed E-state index contributed by atoms with van der Waals surface area (Å²) >= 11 is 0. The van der Waals surface area contributed by atoms with Crippen molar-refractivity contribution in [3.05, 3.63) is 54.9 Å². The van der Waals surface area contributed by atoms with Crippen LogP contribution in [0.5, 0.6) is 0 Å². The molecule has 5 heteroatoms. The molecular weight excluding hydrogens is 250 g/mol. The van der Waals surface area contributed by atoms with Gasteiger partial charge >= 0.3 is 0 Å². The van der Waals surface area contributed by atoms with Gasteiger partial charge in [0.25, 0.3) is 0 Å². The van der Waals surface area contributed by atoms with Gasteiger partial charge in [-0.2, -0.15) is 0 Å². The lowest BCUT2D eigenvalue weighted by Gasteiger charge is -2.19. The molecule has 1 aromatic heterocycles. The minimum atomic E-state index is 0.525. The van der Waals surface area contributed by atoms with Gasteiger partial charge in [-0.15, -0.1) is 6.58 Å². The van der Waals surface area contributed by atoms with Crippen molar-refractivity contribution in [2.45, 2.75) is 6.54 Å². The molecule has 0 saturated carbocycles. The molecule has 0 atom stereocenters. The molecule has 1 aromatic carbocycles. The predicted molar refractivity (Wildman–Crippen MR) is 83.1 cm³/mol. The molecule has 0 saturated heterocycles. The lowest BCUT2D eigenvalue weighted by Crippen LogP contribution is -2.13. The molecule has 0 spiro atoms. The van der Waals surface area contributed by atoms with E-state index in [0.717, 1.165) is 22.9 Å². The average Bonchev–Trinajstić information content (AvgIpc) is 2.52. The van der Waals surface area contributed by atoms with Crippen molar-refractivity contribution in [3.63, 3.8) is 0 Å². The summed E-state index contributed by atoms with van der Waals surface area (Å²) in [5, 5.41) is 3.15. The Morgan fingerprint density at radius 2 is 2.20 bits per heavy atom. The zero-order chi connectivity index (χ0) is 14.4. The lowest BCUT2D eigenvalue weighted by molar-refractivity contribution is 1.05. The molecule has 0 bridgehead atoms. The maximum Gasteiger partial charge on any atom is 0.138 e. The second-order valence-electron chi connectivity index (χ2n) is 4.36. The predicted octanol–water partition coefficient (Wildman–Crippen LogP) is 2.30. The summed E-state index contributed by atoms with van der Waals surface area (Å²) in [6.45, 7) is 4.87. The van der Waals surface area contributed by atoms with Crippen LogP contribution in [-0.2, 0) is 6.54 Å². The molecule has 0 fully saturated rings. The van der Waals surface area contributed by atoms with Crippen molar-refractivity contribution in [2.24, 2.45) is 5.73 Å². The van der Waals surface area contributed by atoms with Gasteiger partial charge < -0.3 is 16.0 Å². The first-order chi connectivity index (χ1) is 9.74. The Morgan fingerprint density at radius 3 is 2.95 bits per heavy atom. The Kier molecular flexibility index (Phi) is 4.68. The highest BCUT2D eigenvalue weighted by Crippen LogP contribution is 2.23. The van der Waals surface area contributed by atoms with Gasteiger partial charge in [0.2, 0.25) is 0 Å². The van der Waals surface area contributed by atoms with E-state index in [1.54, 1.807) is 12.4 Å². The average molecular weight is 269 g/mol. The van der Waals surface area contributed by atoms with Crippen molar-refractivity contribution in [3.8, 4) is 0 Å². The molecule has 0 radical (unpaired) electrons. The number of rotatable bonds is 6. The highest BCUT2D eigenvalue weighted by Gasteiger charge is 2.07. The molecular formula is C15H19N5. The normalized spacial score (nSPS) is 10.1. The van der Waals surface area contributed by atoms with Gasteiger partial charge in [-0.1, -0.05) is 18.2 Å². The van der Waals surface area contributed by atoms with E-state index in [0.29, 0.717) is 13.1 Å². The topological polar surface area (TPSA) is 67.1 Å². The van der Waals surface area contributed by atoms with Gasteiger partial charge in [-0.3, -0.25) is 0 Å². The zero-order valence-electron chi connectivity index (χ0n) is 11.6. The molecule has 2 rings (SSSR count).